The summed E-state index contributed by atoms with van der Waals surface area (Å²) in [5, 5.41) is 9.25. The van der Waals surface area contributed by atoms with Crippen molar-refractivity contribution in [1.29, 1.82) is 0 Å². The zero-order valence-electron chi connectivity index (χ0n) is 14.6. The highest BCUT2D eigenvalue weighted by atomic mass is 32.2. The number of rotatable bonds is 7. The van der Waals surface area contributed by atoms with E-state index in [9.17, 15) is 18.3 Å². The first kappa shape index (κ1) is 19.5. The summed E-state index contributed by atoms with van der Waals surface area (Å²) < 4.78 is 37.6. The van der Waals surface area contributed by atoms with Gasteiger partial charge in [-0.25, -0.2) is 8.42 Å². The lowest BCUT2D eigenvalue weighted by Gasteiger charge is -2.36. The lowest BCUT2D eigenvalue weighted by molar-refractivity contribution is -0.143. The Kier molecular flexibility index (Phi) is 6.26. The third-order valence-corrected chi connectivity index (χ3v) is 6.29. The highest BCUT2D eigenvalue weighted by Gasteiger charge is 2.34. The maximum Gasteiger partial charge on any atom is 0.320 e. The number of hydrogen-bond donors (Lipinski definition) is 1. The Labute approximate surface area is 148 Å². The van der Waals surface area contributed by atoms with Gasteiger partial charge in [0.1, 0.15) is 22.4 Å². The van der Waals surface area contributed by atoms with Crippen LogP contribution in [0.15, 0.2) is 23.1 Å². The van der Waals surface area contributed by atoms with Crippen molar-refractivity contribution in [2.24, 2.45) is 0 Å². The Morgan fingerprint density at radius 3 is 2.32 bits per heavy atom. The van der Waals surface area contributed by atoms with Crippen LogP contribution in [0, 0.1) is 0 Å². The van der Waals surface area contributed by atoms with Gasteiger partial charge in [-0.1, -0.05) is 6.92 Å². The summed E-state index contributed by atoms with van der Waals surface area (Å²) in [4.78, 5) is 13.1. The van der Waals surface area contributed by atoms with Gasteiger partial charge in [-0.05, 0) is 18.6 Å². The van der Waals surface area contributed by atoms with Crippen LogP contribution in [0.2, 0.25) is 0 Å². The maximum atomic E-state index is 13.0. The molecule has 1 aliphatic rings. The van der Waals surface area contributed by atoms with Gasteiger partial charge in [0.15, 0.2) is 0 Å². The lowest BCUT2D eigenvalue weighted by Crippen LogP contribution is -2.53. The summed E-state index contributed by atoms with van der Waals surface area (Å²) >= 11 is 0. The molecule has 0 amide bonds. The van der Waals surface area contributed by atoms with E-state index >= 15 is 0 Å². The number of nitrogens with zero attached hydrogens (tertiary/aromatic N) is 2. The van der Waals surface area contributed by atoms with Crippen LogP contribution < -0.4 is 9.47 Å². The normalized spacial score (nSPS) is 17.9. The van der Waals surface area contributed by atoms with Crippen molar-refractivity contribution < 1.29 is 27.8 Å². The average Bonchev–Trinajstić information content (AvgIpc) is 2.61. The predicted molar refractivity (Wildman–Crippen MR) is 91.6 cm³/mol. The van der Waals surface area contributed by atoms with Gasteiger partial charge in [0.2, 0.25) is 10.0 Å². The van der Waals surface area contributed by atoms with Crippen LogP contribution in [0.5, 0.6) is 11.5 Å². The summed E-state index contributed by atoms with van der Waals surface area (Å²) in [6, 6.07) is 4.04. The van der Waals surface area contributed by atoms with Crippen LogP contribution in [-0.2, 0) is 14.8 Å². The molecular weight excluding hydrogens is 348 g/mol. The molecule has 1 aromatic carbocycles. The van der Waals surface area contributed by atoms with Gasteiger partial charge in [0.05, 0.1) is 14.2 Å². The van der Waals surface area contributed by atoms with Crippen molar-refractivity contribution in [3.05, 3.63) is 18.2 Å². The molecule has 0 bridgehead atoms. The number of piperazine rings is 1. The molecule has 0 aliphatic carbocycles. The van der Waals surface area contributed by atoms with E-state index < -0.39 is 22.0 Å². The second-order valence-corrected chi connectivity index (χ2v) is 7.63. The van der Waals surface area contributed by atoms with E-state index in [0.29, 0.717) is 25.3 Å². The predicted octanol–water partition coefficient (Wildman–Crippen LogP) is 0.873. The molecule has 140 valence electrons. The molecule has 2 rings (SSSR count). The summed E-state index contributed by atoms with van der Waals surface area (Å²) in [5.41, 5.74) is 0. The minimum absolute atomic E-state index is 0.0491. The molecule has 1 saturated heterocycles. The number of methoxy groups -OCH3 is 2. The number of sulfonamides is 1. The minimum atomic E-state index is -3.76. The molecule has 1 aliphatic heterocycles. The second kappa shape index (κ2) is 8.03. The number of benzene rings is 1. The molecule has 8 nitrogen and oxygen atoms in total. The molecule has 1 aromatic rings. The van der Waals surface area contributed by atoms with Crippen LogP contribution in [-0.4, -0.2) is 75.1 Å². The van der Waals surface area contributed by atoms with E-state index in [4.69, 9.17) is 9.47 Å². The van der Waals surface area contributed by atoms with Crippen LogP contribution in [0.4, 0.5) is 0 Å². The molecule has 0 radical (unpaired) electrons. The van der Waals surface area contributed by atoms with Gasteiger partial charge in [0, 0.05) is 32.2 Å². The van der Waals surface area contributed by atoms with Gasteiger partial charge >= 0.3 is 5.97 Å². The van der Waals surface area contributed by atoms with Crippen molar-refractivity contribution in [1.82, 2.24) is 9.21 Å². The molecule has 0 aromatic heterocycles. The number of carboxylic acids is 1. The molecule has 0 saturated carbocycles. The quantitative estimate of drug-likeness (QED) is 0.759. The van der Waals surface area contributed by atoms with Gasteiger partial charge < -0.3 is 14.6 Å². The molecule has 1 atom stereocenters. The molecule has 9 heteroatoms. The second-order valence-electron chi connectivity index (χ2n) is 5.72. The fourth-order valence-corrected chi connectivity index (χ4v) is 4.56. The number of ether oxygens (including phenoxy) is 2. The molecule has 1 fully saturated rings. The number of carboxylic acid groups (broad SMARTS) is 1. The van der Waals surface area contributed by atoms with Crippen molar-refractivity contribution in [3.8, 4) is 11.5 Å². The molecular formula is C16H24N2O6S. The Hall–Kier alpha value is -1.84. The van der Waals surface area contributed by atoms with E-state index in [0.717, 1.165) is 0 Å². The number of hydrogen-bond acceptors (Lipinski definition) is 6. The SMILES string of the molecule is CCC(C(=O)O)N1CCN(S(=O)(=O)c2cc(OC)ccc2OC)CC1. The Morgan fingerprint density at radius 2 is 1.84 bits per heavy atom. The maximum absolute atomic E-state index is 13.0. The fourth-order valence-electron chi connectivity index (χ4n) is 2.97. The smallest absolute Gasteiger partial charge is 0.320 e. The molecule has 1 N–H and O–H groups in total. The first-order chi connectivity index (χ1) is 11.8. The Bertz CT molecular complexity index is 713. The van der Waals surface area contributed by atoms with Gasteiger partial charge in [-0.2, -0.15) is 4.31 Å². The number of aliphatic carboxylic acids is 1. The Morgan fingerprint density at radius 1 is 1.20 bits per heavy atom. The van der Waals surface area contributed by atoms with E-state index in [-0.39, 0.29) is 23.7 Å². The van der Waals surface area contributed by atoms with Gasteiger partial charge in [-0.3, -0.25) is 9.69 Å². The fraction of sp³-hybridized carbons (Fsp3) is 0.562. The topological polar surface area (TPSA) is 96.4 Å². The highest BCUT2D eigenvalue weighted by molar-refractivity contribution is 7.89. The van der Waals surface area contributed by atoms with Crippen LogP contribution in [0.3, 0.4) is 0 Å². The van der Waals surface area contributed by atoms with Crippen molar-refractivity contribution in [3.63, 3.8) is 0 Å². The summed E-state index contributed by atoms with van der Waals surface area (Å²) in [5.74, 6) is -0.205. The van der Waals surface area contributed by atoms with E-state index in [1.807, 2.05) is 6.92 Å². The van der Waals surface area contributed by atoms with Crippen LogP contribution in [0.1, 0.15) is 13.3 Å². The van der Waals surface area contributed by atoms with Crippen LogP contribution in [0.25, 0.3) is 0 Å². The third-order valence-electron chi connectivity index (χ3n) is 4.37. The molecule has 25 heavy (non-hydrogen) atoms. The van der Waals surface area contributed by atoms with E-state index in [1.54, 1.807) is 17.0 Å². The van der Waals surface area contributed by atoms with Gasteiger partial charge in [0.25, 0.3) is 0 Å². The summed E-state index contributed by atoms with van der Waals surface area (Å²) in [6.07, 6.45) is 0.478. The minimum Gasteiger partial charge on any atom is -0.497 e. The van der Waals surface area contributed by atoms with Crippen molar-refractivity contribution in [2.75, 3.05) is 40.4 Å². The van der Waals surface area contributed by atoms with Crippen molar-refractivity contribution in [2.45, 2.75) is 24.3 Å². The Balaban J connectivity index is 2.21. The van der Waals surface area contributed by atoms with E-state index in [1.165, 1.54) is 24.6 Å². The summed E-state index contributed by atoms with van der Waals surface area (Å²) in [6.45, 7) is 3.01. The largest absolute Gasteiger partial charge is 0.497 e. The zero-order valence-corrected chi connectivity index (χ0v) is 15.5. The van der Waals surface area contributed by atoms with Gasteiger partial charge in [-0.15, -0.1) is 0 Å². The third kappa shape index (κ3) is 4.05. The lowest BCUT2D eigenvalue weighted by atomic mass is 10.1. The monoisotopic (exact) mass is 372 g/mol. The zero-order chi connectivity index (χ0) is 18.6. The number of carbonyl (C=O) groups is 1. The van der Waals surface area contributed by atoms with E-state index in [2.05, 4.69) is 0 Å². The molecule has 1 unspecified atom stereocenters. The first-order valence-electron chi connectivity index (χ1n) is 8.04. The van der Waals surface area contributed by atoms with Crippen LogP contribution >= 0.6 is 0 Å². The molecule has 1 heterocycles. The highest BCUT2D eigenvalue weighted by Crippen LogP contribution is 2.31. The van der Waals surface area contributed by atoms with Crippen molar-refractivity contribution >= 4 is 16.0 Å². The first-order valence-corrected chi connectivity index (χ1v) is 9.48. The molecule has 0 spiro atoms. The summed E-state index contributed by atoms with van der Waals surface area (Å²) in [7, 11) is -0.879. The average molecular weight is 372 g/mol. The standard InChI is InChI=1S/C16H24N2O6S/c1-4-13(16(19)20)17-7-9-18(10-8-17)25(21,22)15-11-12(23-2)5-6-14(15)24-3/h5-6,11,13H,4,7-10H2,1-3H3,(H,19,20).